The zero-order chi connectivity index (χ0) is 10.1. The molecule has 0 aliphatic carbocycles. The predicted octanol–water partition coefficient (Wildman–Crippen LogP) is 4.81. The minimum absolute atomic E-state index is 0.610. The van der Waals surface area contributed by atoms with Gasteiger partial charge >= 0.3 is 0 Å². The molecule has 0 N–H and O–H groups in total. The highest BCUT2D eigenvalue weighted by molar-refractivity contribution is 14.1. The summed E-state index contributed by atoms with van der Waals surface area (Å²) in [5.74, 6) is 0.610. The Hall–Kier alpha value is 0.200. The Balaban J connectivity index is 2.80. The van der Waals surface area contributed by atoms with Crippen molar-refractivity contribution >= 4 is 55.6 Å². The van der Waals surface area contributed by atoms with Gasteiger partial charge in [-0.05, 0) is 63.0 Å². The van der Waals surface area contributed by atoms with Crippen molar-refractivity contribution in [3.63, 3.8) is 0 Å². The highest BCUT2D eigenvalue weighted by Gasteiger charge is 2.09. The Morgan fingerprint density at radius 1 is 1.50 bits per heavy atom. The summed E-state index contributed by atoms with van der Waals surface area (Å²) in [7, 11) is 0. The van der Waals surface area contributed by atoms with Crippen LogP contribution >= 0.6 is 45.5 Å². The molecule has 2 aromatic rings. The SMILES string of the molecule is CCc1c(I)c(CCl)cc2sccc12. The Labute approximate surface area is 106 Å². The van der Waals surface area contributed by atoms with Gasteiger partial charge < -0.3 is 0 Å². The summed E-state index contributed by atoms with van der Waals surface area (Å²) in [5.41, 5.74) is 2.71. The molecule has 0 saturated carbocycles. The highest BCUT2D eigenvalue weighted by Crippen LogP contribution is 2.31. The van der Waals surface area contributed by atoms with Gasteiger partial charge in [-0.2, -0.15) is 0 Å². The van der Waals surface area contributed by atoms with E-state index in [1.807, 2.05) is 0 Å². The molecule has 0 unspecified atom stereocenters. The summed E-state index contributed by atoms with van der Waals surface area (Å²) < 4.78 is 2.70. The Bertz CT molecular complexity index is 462. The average molecular weight is 337 g/mol. The van der Waals surface area contributed by atoms with Crippen molar-refractivity contribution in [3.8, 4) is 0 Å². The maximum atomic E-state index is 5.93. The molecule has 0 aliphatic rings. The summed E-state index contributed by atoms with van der Waals surface area (Å²) >= 11 is 10.1. The molecule has 1 heterocycles. The zero-order valence-electron chi connectivity index (χ0n) is 7.81. The molecule has 0 radical (unpaired) electrons. The van der Waals surface area contributed by atoms with Gasteiger partial charge in [0.25, 0.3) is 0 Å². The first-order valence-corrected chi connectivity index (χ1v) is 7.00. The number of thiophene rings is 1. The fourth-order valence-corrected chi connectivity index (χ4v) is 3.99. The van der Waals surface area contributed by atoms with Crippen molar-refractivity contribution in [2.75, 3.05) is 0 Å². The molecule has 14 heavy (non-hydrogen) atoms. The molecule has 0 amide bonds. The van der Waals surface area contributed by atoms with Gasteiger partial charge in [-0.3, -0.25) is 0 Å². The van der Waals surface area contributed by atoms with Crippen molar-refractivity contribution in [1.82, 2.24) is 0 Å². The van der Waals surface area contributed by atoms with Crippen molar-refractivity contribution in [3.05, 3.63) is 32.2 Å². The first kappa shape index (κ1) is 10.7. The van der Waals surface area contributed by atoms with Crippen LogP contribution in [0.5, 0.6) is 0 Å². The van der Waals surface area contributed by atoms with E-state index >= 15 is 0 Å². The molecule has 0 bridgehead atoms. The van der Waals surface area contributed by atoms with Gasteiger partial charge in [-0.15, -0.1) is 22.9 Å². The van der Waals surface area contributed by atoms with Gasteiger partial charge in [0, 0.05) is 14.2 Å². The van der Waals surface area contributed by atoms with Crippen molar-refractivity contribution < 1.29 is 0 Å². The summed E-state index contributed by atoms with van der Waals surface area (Å²) in [6, 6.07) is 4.42. The monoisotopic (exact) mass is 336 g/mol. The quantitative estimate of drug-likeness (QED) is 0.545. The first-order valence-electron chi connectivity index (χ1n) is 4.51. The zero-order valence-corrected chi connectivity index (χ0v) is 11.5. The summed E-state index contributed by atoms with van der Waals surface area (Å²) in [6.07, 6.45) is 1.08. The highest BCUT2D eigenvalue weighted by atomic mass is 127. The maximum Gasteiger partial charge on any atom is 0.0485 e. The minimum atomic E-state index is 0.610. The number of aryl methyl sites for hydroxylation is 1. The molecule has 3 heteroatoms. The van der Waals surface area contributed by atoms with Crippen LogP contribution in [-0.2, 0) is 12.3 Å². The number of rotatable bonds is 2. The largest absolute Gasteiger partial charge is 0.144 e. The number of hydrogen-bond donors (Lipinski definition) is 0. The van der Waals surface area contributed by atoms with E-state index in [2.05, 4.69) is 47.0 Å². The Morgan fingerprint density at radius 3 is 2.93 bits per heavy atom. The van der Waals surface area contributed by atoms with E-state index in [0.29, 0.717) is 5.88 Å². The number of halogens is 2. The van der Waals surface area contributed by atoms with Gasteiger partial charge in [-0.25, -0.2) is 0 Å². The standard InChI is InChI=1S/C11H10ClIS/c1-2-8-9-3-4-14-10(9)5-7(6-12)11(8)13/h3-5H,2,6H2,1H3. The molecule has 0 saturated heterocycles. The van der Waals surface area contributed by atoms with Crippen LogP contribution in [0.2, 0.25) is 0 Å². The van der Waals surface area contributed by atoms with E-state index in [-0.39, 0.29) is 0 Å². The van der Waals surface area contributed by atoms with Gasteiger partial charge in [0.15, 0.2) is 0 Å². The molecule has 74 valence electrons. The third kappa shape index (κ3) is 1.68. The van der Waals surface area contributed by atoms with E-state index in [1.165, 1.54) is 24.8 Å². The summed E-state index contributed by atoms with van der Waals surface area (Å²) in [4.78, 5) is 0. The van der Waals surface area contributed by atoms with E-state index < -0.39 is 0 Å². The molecule has 0 spiro atoms. The topological polar surface area (TPSA) is 0 Å². The lowest BCUT2D eigenvalue weighted by Gasteiger charge is -2.08. The fraction of sp³-hybridized carbons (Fsp3) is 0.273. The second-order valence-corrected chi connectivity index (χ2v) is 5.44. The third-order valence-electron chi connectivity index (χ3n) is 2.37. The molecule has 1 aromatic carbocycles. The van der Waals surface area contributed by atoms with Crippen LogP contribution < -0.4 is 0 Å². The van der Waals surface area contributed by atoms with Gasteiger partial charge in [0.1, 0.15) is 0 Å². The van der Waals surface area contributed by atoms with Crippen LogP contribution in [-0.4, -0.2) is 0 Å². The van der Waals surface area contributed by atoms with Gasteiger partial charge in [0.2, 0.25) is 0 Å². The fourth-order valence-electron chi connectivity index (χ4n) is 1.66. The Morgan fingerprint density at radius 2 is 2.29 bits per heavy atom. The van der Waals surface area contributed by atoms with E-state index in [9.17, 15) is 0 Å². The smallest absolute Gasteiger partial charge is 0.0485 e. The van der Waals surface area contributed by atoms with E-state index in [4.69, 9.17) is 11.6 Å². The lowest BCUT2D eigenvalue weighted by atomic mass is 10.1. The van der Waals surface area contributed by atoms with Gasteiger partial charge in [-0.1, -0.05) is 6.92 Å². The molecule has 1 aromatic heterocycles. The third-order valence-corrected chi connectivity index (χ3v) is 4.87. The number of alkyl halides is 1. The first-order chi connectivity index (χ1) is 6.77. The molecule has 0 nitrogen and oxygen atoms in total. The van der Waals surface area contributed by atoms with Crippen LogP contribution in [0.4, 0.5) is 0 Å². The minimum Gasteiger partial charge on any atom is -0.144 e. The van der Waals surface area contributed by atoms with E-state index in [0.717, 1.165) is 6.42 Å². The predicted molar refractivity (Wildman–Crippen MR) is 73.5 cm³/mol. The van der Waals surface area contributed by atoms with Crippen molar-refractivity contribution in [2.24, 2.45) is 0 Å². The van der Waals surface area contributed by atoms with Gasteiger partial charge in [0.05, 0.1) is 0 Å². The second-order valence-electron chi connectivity index (χ2n) is 3.15. The molecule has 0 atom stereocenters. The Kier molecular flexibility index (Phi) is 3.34. The maximum absolute atomic E-state index is 5.93. The van der Waals surface area contributed by atoms with Crippen LogP contribution in [0.1, 0.15) is 18.1 Å². The lowest BCUT2D eigenvalue weighted by molar-refractivity contribution is 1.13. The van der Waals surface area contributed by atoms with E-state index in [1.54, 1.807) is 11.3 Å². The molecular weight excluding hydrogens is 327 g/mol. The van der Waals surface area contributed by atoms with Crippen LogP contribution in [0.15, 0.2) is 17.5 Å². The molecule has 0 aliphatic heterocycles. The number of hydrogen-bond acceptors (Lipinski definition) is 1. The van der Waals surface area contributed by atoms with Crippen LogP contribution in [0.3, 0.4) is 0 Å². The molecule has 0 fully saturated rings. The van der Waals surface area contributed by atoms with Crippen molar-refractivity contribution in [1.29, 1.82) is 0 Å². The normalized spacial score (nSPS) is 11.1. The lowest BCUT2D eigenvalue weighted by Crippen LogP contribution is -1.92. The number of fused-ring (bicyclic) bond motifs is 1. The second kappa shape index (κ2) is 4.37. The average Bonchev–Trinajstić information content (AvgIpc) is 2.64. The molecule has 2 rings (SSSR count). The number of benzene rings is 1. The summed E-state index contributed by atoms with van der Waals surface area (Å²) in [5, 5.41) is 3.55. The van der Waals surface area contributed by atoms with Crippen LogP contribution in [0.25, 0.3) is 10.1 Å². The van der Waals surface area contributed by atoms with Crippen LogP contribution in [0, 0.1) is 3.57 Å². The van der Waals surface area contributed by atoms with Crippen molar-refractivity contribution in [2.45, 2.75) is 19.2 Å². The summed E-state index contributed by atoms with van der Waals surface area (Å²) in [6.45, 7) is 2.20. The molecular formula is C11H10ClIS.